The summed E-state index contributed by atoms with van der Waals surface area (Å²) in [6.45, 7) is 2.09. The average Bonchev–Trinajstić information content (AvgIpc) is 3.07. The summed E-state index contributed by atoms with van der Waals surface area (Å²) in [5, 5.41) is -0.433. The molecule has 2 aliphatic heterocycles. The molecule has 2 heterocycles. The standard InChI is InChI=1S/C23H21BrN2O5S/c24-18-5-1-17(2-6-18)15-31-19-7-3-16(4-8-19)13-20-22(28)26(23(29)32-20)14-21(27)25-9-11-30-12-10-25/h1-8,13H,9-12,14-15H2/b20-13+. The van der Waals surface area contributed by atoms with E-state index >= 15 is 0 Å². The molecule has 2 aromatic carbocycles. The Hall–Kier alpha value is -2.62. The van der Waals surface area contributed by atoms with Gasteiger partial charge in [0.15, 0.2) is 0 Å². The molecule has 9 heteroatoms. The van der Waals surface area contributed by atoms with Gasteiger partial charge in [0.25, 0.3) is 11.1 Å². The lowest BCUT2D eigenvalue weighted by molar-refractivity contribution is -0.139. The molecule has 0 bridgehead atoms. The van der Waals surface area contributed by atoms with Gasteiger partial charge >= 0.3 is 0 Å². The second-order valence-electron chi connectivity index (χ2n) is 7.25. The summed E-state index contributed by atoms with van der Waals surface area (Å²) >= 11 is 4.25. The average molecular weight is 517 g/mol. The van der Waals surface area contributed by atoms with Crippen LogP contribution in [-0.4, -0.2) is 59.7 Å². The third-order valence-corrected chi connectivity index (χ3v) is 6.46. The molecule has 4 rings (SSSR count). The monoisotopic (exact) mass is 516 g/mol. The highest BCUT2D eigenvalue weighted by molar-refractivity contribution is 9.10. The third kappa shape index (κ3) is 5.59. The Balaban J connectivity index is 1.35. The molecule has 0 N–H and O–H groups in total. The van der Waals surface area contributed by atoms with Crippen LogP contribution in [0.5, 0.6) is 5.75 Å². The van der Waals surface area contributed by atoms with E-state index in [1.54, 1.807) is 11.0 Å². The van der Waals surface area contributed by atoms with E-state index in [4.69, 9.17) is 9.47 Å². The van der Waals surface area contributed by atoms with Crippen LogP contribution in [0.15, 0.2) is 57.9 Å². The highest BCUT2D eigenvalue weighted by Crippen LogP contribution is 2.32. The van der Waals surface area contributed by atoms with Gasteiger partial charge in [-0.2, -0.15) is 0 Å². The number of halogens is 1. The molecule has 0 aromatic heterocycles. The summed E-state index contributed by atoms with van der Waals surface area (Å²) in [5.74, 6) is 0.00980. The Morgan fingerprint density at radius 3 is 2.44 bits per heavy atom. The number of rotatable bonds is 6. The first-order valence-corrected chi connectivity index (χ1v) is 11.7. The summed E-state index contributed by atoms with van der Waals surface area (Å²) < 4.78 is 12.0. The number of nitrogens with zero attached hydrogens (tertiary/aromatic N) is 2. The van der Waals surface area contributed by atoms with Gasteiger partial charge in [-0.05, 0) is 53.2 Å². The van der Waals surface area contributed by atoms with Crippen molar-refractivity contribution in [3.63, 3.8) is 0 Å². The van der Waals surface area contributed by atoms with Crippen LogP contribution in [0.2, 0.25) is 0 Å². The van der Waals surface area contributed by atoms with Crippen LogP contribution in [0.1, 0.15) is 11.1 Å². The molecule has 7 nitrogen and oxygen atoms in total. The number of hydrogen-bond donors (Lipinski definition) is 0. The van der Waals surface area contributed by atoms with E-state index in [1.807, 2.05) is 48.5 Å². The summed E-state index contributed by atoms with van der Waals surface area (Å²) in [4.78, 5) is 40.3. The van der Waals surface area contributed by atoms with Gasteiger partial charge in [0.05, 0.1) is 18.1 Å². The number of ether oxygens (including phenoxy) is 2. The van der Waals surface area contributed by atoms with Crippen LogP contribution in [0.4, 0.5) is 4.79 Å². The van der Waals surface area contributed by atoms with Crippen molar-refractivity contribution >= 4 is 50.8 Å². The van der Waals surface area contributed by atoms with E-state index in [9.17, 15) is 14.4 Å². The van der Waals surface area contributed by atoms with E-state index in [2.05, 4.69) is 15.9 Å². The van der Waals surface area contributed by atoms with Gasteiger partial charge in [0.1, 0.15) is 18.9 Å². The van der Waals surface area contributed by atoms with Crippen molar-refractivity contribution in [1.82, 2.24) is 9.80 Å². The van der Waals surface area contributed by atoms with Crippen LogP contribution in [-0.2, 0) is 20.9 Å². The maximum Gasteiger partial charge on any atom is 0.294 e. The second-order valence-corrected chi connectivity index (χ2v) is 9.15. The fraction of sp³-hybridized carbons (Fsp3) is 0.261. The molecule has 3 amide bonds. The highest BCUT2D eigenvalue weighted by atomic mass is 79.9. The van der Waals surface area contributed by atoms with E-state index in [-0.39, 0.29) is 12.5 Å². The smallest absolute Gasteiger partial charge is 0.294 e. The minimum Gasteiger partial charge on any atom is -0.489 e. The predicted octanol–water partition coefficient (Wildman–Crippen LogP) is 3.92. The van der Waals surface area contributed by atoms with Crippen molar-refractivity contribution in [2.45, 2.75) is 6.61 Å². The van der Waals surface area contributed by atoms with Crippen molar-refractivity contribution in [3.05, 3.63) is 69.0 Å². The molecule has 2 fully saturated rings. The first-order chi connectivity index (χ1) is 15.5. The quantitative estimate of drug-likeness (QED) is 0.541. The Kier molecular flexibility index (Phi) is 7.29. The lowest BCUT2D eigenvalue weighted by Gasteiger charge is -2.28. The zero-order valence-corrected chi connectivity index (χ0v) is 19.6. The lowest BCUT2D eigenvalue weighted by atomic mass is 10.2. The van der Waals surface area contributed by atoms with Gasteiger partial charge in [0, 0.05) is 17.6 Å². The Morgan fingerprint density at radius 2 is 1.75 bits per heavy atom. The zero-order valence-electron chi connectivity index (χ0n) is 17.2. The number of carbonyl (C=O) groups is 3. The number of thioether (sulfide) groups is 1. The molecule has 32 heavy (non-hydrogen) atoms. The first-order valence-electron chi connectivity index (χ1n) is 10.1. The summed E-state index contributed by atoms with van der Waals surface area (Å²) in [6, 6.07) is 15.2. The van der Waals surface area contributed by atoms with Crippen LogP contribution < -0.4 is 4.74 Å². The minimum absolute atomic E-state index is 0.245. The van der Waals surface area contributed by atoms with Crippen molar-refractivity contribution in [2.75, 3.05) is 32.8 Å². The van der Waals surface area contributed by atoms with E-state index in [0.717, 1.165) is 32.3 Å². The van der Waals surface area contributed by atoms with Gasteiger partial charge in [-0.25, -0.2) is 0 Å². The van der Waals surface area contributed by atoms with Crippen molar-refractivity contribution < 1.29 is 23.9 Å². The fourth-order valence-electron chi connectivity index (χ4n) is 3.24. The topological polar surface area (TPSA) is 76.2 Å². The maximum atomic E-state index is 12.7. The van der Waals surface area contributed by atoms with Crippen LogP contribution in [0, 0.1) is 0 Å². The van der Waals surface area contributed by atoms with E-state index in [1.165, 1.54) is 0 Å². The van der Waals surface area contributed by atoms with E-state index in [0.29, 0.717) is 43.6 Å². The van der Waals surface area contributed by atoms with Gasteiger partial charge in [-0.15, -0.1) is 0 Å². The van der Waals surface area contributed by atoms with Crippen molar-refractivity contribution in [2.24, 2.45) is 0 Å². The second kappa shape index (κ2) is 10.3. The molecule has 0 atom stereocenters. The minimum atomic E-state index is -0.447. The van der Waals surface area contributed by atoms with Gasteiger partial charge < -0.3 is 14.4 Å². The molecular weight excluding hydrogens is 496 g/mol. The number of morpholine rings is 1. The van der Waals surface area contributed by atoms with Gasteiger partial charge in [0.2, 0.25) is 5.91 Å². The molecule has 0 saturated carbocycles. The molecule has 2 aliphatic rings. The van der Waals surface area contributed by atoms with Gasteiger partial charge in [-0.3, -0.25) is 19.3 Å². The molecule has 0 radical (unpaired) electrons. The highest BCUT2D eigenvalue weighted by Gasteiger charge is 2.37. The number of amides is 3. The number of hydrogen-bond acceptors (Lipinski definition) is 6. The van der Waals surface area contributed by atoms with Crippen LogP contribution in [0.3, 0.4) is 0 Å². The maximum absolute atomic E-state index is 12.7. The molecule has 2 saturated heterocycles. The van der Waals surface area contributed by atoms with Gasteiger partial charge in [-0.1, -0.05) is 40.2 Å². The van der Waals surface area contributed by atoms with Crippen LogP contribution >= 0.6 is 27.7 Å². The molecule has 166 valence electrons. The zero-order chi connectivity index (χ0) is 22.5. The summed E-state index contributed by atoms with van der Waals surface area (Å²) in [6.07, 6.45) is 1.66. The SMILES string of the molecule is O=C(CN1C(=O)S/C(=C/c2ccc(OCc3ccc(Br)cc3)cc2)C1=O)N1CCOCC1. The van der Waals surface area contributed by atoms with E-state index < -0.39 is 11.1 Å². The largest absolute Gasteiger partial charge is 0.489 e. The summed E-state index contributed by atoms with van der Waals surface area (Å²) in [5.41, 5.74) is 1.82. The van der Waals surface area contributed by atoms with Crippen molar-refractivity contribution in [1.29, 1.82) is 0 Å². The first kappa shape index (κ1) is 22.6. The predicted molar refractivity (Wildman–Crippen MR) is 125 cm³/mol. The fourth-order valence-corrected chi connectivity index (χ4v) is 4.35. The van der Waals surface area contributed by atoms with Crippen LogP contribution in [0.25, 0.3) is 6.08 Å². The third-order valence-electron chi connectivity index (χ3n) is 5.03. The molecule has 0 unspecified atom stereocenters. The molecule has 0 spiro atoms. The molecule has 0 aliphatic carbocycles. The normalized spacial score (nSPS) is 17.8. The summed E-state index contributed by atoms with van der Waals surface area (Å²) in [7, 11) is 0. The number of carbonyl (C=O) groups excluding carboxylic acids is 3. The number of imide groups is 1. The van der Waals surface area contributed by atoms with Crippen molar-refractivity contribution in [3.8, 4) is 5.75 Å². The Bertz CT molecular complexity index is 1030. The Labute approximate surface area is 198 Å². The Morgan fingerprint density at radius 1 is 1.06 bits per heavy atom. The molecular formula is C23H21BrN2O5S. The molecule has 2 aromatic rings. The number of benzene rings is 2. The lowest BCUT2D eigenvalue weighted by Crippen LogP contribution is -2.46.